The lowest BCUT2D eigenvalue weighted by atomic mass is 10.1. The summed E-state index contributed by atoms with van der Waals surface area (Å²) in [6, 6.07) is 16.8. The molecule has 1 saturated heterocycles. The van der Waals surface area contributed by atoms with Crippen molar-refractivity contribution in [3.63, 3.8) is 0 Å². The number of fused-ring (bicyclic) bond motifs is 1. The van der Waals surface area contributed by atoms with Crippen LogP contribution in [0.1, 0.15) is 24.8 Å². The number of amides is 2. The molecule has 1 aliphatic rings. The standard InChI is InChI=1S/C25H24FN5O2/c26-20-8-7-19-11-14-30(22(19)16-20)23-9-10-24(32)31(28-23)17-18-5-4-6-21(15-18)27-25(33)29-12-2-1-3-13-29/h4-11,14-16H,1-3,12-13,17H2,(H,27,33). The Hall–Kier alpha value is -3.94. The molecule has 2 aromatic heterocycles. The molecule has 2 amide bonds. The summed E-state index contributed by atoms with van der Waals surface area (Å²) >= 11 is 0. The summed E-state index contributed by atoms with van der Waals surface area (Å²) in [6.07, 6.45) is 5.02. The van der Waals surface area contributed by atoms with Crippen LogP contribution in [0.2, 0.25) is 0 Å². The number of likely N-dealkylation sites (tertiary alicyclic amines) is 1. The van der Waals surface area contributed by atoms with Gasteiger partial charge in [-0.15, -0.1) is 0 Å². The summed E-state index contributed by atoms with van der Waals surface area (Å²) in [4.78, 5) is 26.8. The monoisotopic (exact) mass is 445 g/mol. The van der Waals surface area contributed by atoms with Crippen LogP contribution in [0.5, 0.6) is 0 Å². The number of halogens is 1. The van der Waals surface area contributed by atoms with Gasteiger partial charge in [-0.25, -0.2) is 13.9 Å². The Morgan fingerprint density at radius 1 is 1.00 bits per heavy atom. The lowest BCUT2D eigenvalue weighted by molar-refractivity contribution is 0.200. The van der Waals surface area contributed by atoms with Crippen LogP contribution in [0, 0.1) is 5.82 Å². The third kappa shape index (κ3) is 4.50. The molecule has 1 aliphatic heterocycles. The molecule has 0 unspecified atom stereocenters. The van der Waals surface area contributed by atoms with E-state index in [4.69, 9.17) is 0 Å². The quantitative estimate of drug-likeness (QED) is 0.506. The van der Waals surface area contributed by atoms with Crippen molar-refractivity contribution < 1.29 is 9.18 Å². The Balaban J connectivity index is 1.38. The number of urea groups is 1. The van der Waals surface area contributed by atoms with Crippen molar-refractivity contribution in [2.24, 2.45) is 0 Å². The van der Waals surface area contributed by atoms with Gasteiger partial charge in [0.2, 0.25) is 0 Å². The van der Waals surface area contributed by atoms with Crippen LogP contribution < -0.4 is 10.9 Å². The molecule has 2 aromatic carbocycles. The zero-order valence-corrected chi connectivity index (χ0v) is 18.1. The molecule has 3 heterocycles. The first-order valence-corrected chi connectivity index (χ1v) is 11.1. The summed E-state index contributed by atoms with van der Waals surface area (Å²) in [5.74, 6) is 0.184. The number of benzene rings is 2. The van der Waals surface area contributed by atoms with E-state index in [9.17, 15) is 14.0 Å². The zero-order chi connectivity index (χ0) is 22.8. The molecule has 1 fully saturated rings. The van der Waals surface area contributed by atoms with Crippen LogP contribution in [0.3, 0.4) is 0 Å². The van der Waals surface area contributed by atoms with Gasteiger partial charge in [-0.2, -0.15) is 5.10 Å². The molecule has 0 atom stereocenters. The molecule has 0 bridgehead atoms. The second-order valence-corrected chi connectivity index (χ2v) is 8.25. The van der Waals surface area contributed by atoms with Crippen LogP contribution in [-0.4, -0.2) is 38.4 Å². The van der Waals surface area contributed by atoms with E-state index in [0.717, 1.165) is 43.3 Å². The van der Waals surface area contributed by atoms with E-state index in [2.05, 4.69) is 10.4 Å². The average molecular weight is 445 g/mol. The van der Waals surface area contributed by atoms with Gasteiger partial charge in [-0.3, -0.25) is 9.36 Å². The van der Waals surface area contributed by atoms with Gasteiger partial charge in [0.15, 0.2) is 5.82 Å². The minimum atomic E-state index is -0.334. The van der Waals surface area contributed by atoms with Crippen molar-refractivity contribution in [2.45, 2.75) is 25.8 Å². The van der Waals surface area contributed by atoms with Crippen LogP contribution in [-0.2, 0) is 6.54 Å². The maximum Gasteiger partial charge on any atom is 0.321 e. The highest BCUT2D eigenvalue weighted by atomic mass is 19.1. The number of hydrogen-bond acceptors (Lipinski definition) is 3. The van der Waals surface area contributed by atoms with Crippen molar-refractivity contribution in [2.75, 3.05) is 18.4 Å². The minimum absolute atomic E-state index is 0.101. The molecule has 1 N–H and O–H groups in total. The number of anilines is 1. The van der Waals surface area contributed by atoms with Crippen molar-refractivity contribution in [3.8, 4) is 5.82 Å². The fraction of sp³-hybridized carbons (Fsp3) is 0.240. The van der Waals surface area contributed by atoms with Crippen LogP contribution >= 0.6 is 0 Å². The van der Waals surface area contributed by atoms with Gasteiger partial charge in [-0.05, 0) is 67.3 Å². The Labute approximate surface area is 190 Å². The maximum absolute atomic E-state index is 13.8. The number of aromatic nitrogens is 3. The van der Waals surface area contributed by atoms with Gasteiger partial charge in [0.1, 0.15) is 5.82 Å². The predicted molar refractivity (Wildman–Crippen MR) is 125 cm³/mol. The molecule has 7 nitrogen and oxygen atoms in total. The number of nitrogens with zero attached hydrogens (tertiary/aromatic N) is 4. The number of rotatable bonds is 4. The van der Waals surface area contributed by atoms with Gasteiger partial charge in [0.05, 0.1) is 12.1 Å². The molecule has 0 saturated carbocycles. The van der Waals surface area contributed by atoms with E-state index in [1.807, 2.05) is 35.2 Å². The summed E-state index contributed by atoms with van der Waals surface area (Å²) in [5, 5.41) is 8.34. The topological polar surface area (TPSA) is 72.2 Å². The van der Waals surface area contributed by atoms with Gasteiger partial charge in [-0.1, -0.05) is 12.1 Å². The van der Waals surface area contributed by atoms with E-state index in [-0.39, 0.29) is 24.0 Å². The van der Waals surface area contributed by atoms with Gasteiger partial charge >= 0.3 is 6.03 Å². The number of piperidine rings is 1. The van der Waals surface area contributed by atoms with Crippen LogP contribution in [0.25, 0.3) is 16.7 Å². The average Bonchev–Trinajstić information content (AvgIpc) is 3.24. The predicted octanol–water partition coefficient (Wildman–Crippen LogP) is 4.39. The summed E-state index contributed by atoms with van der Waals surface area (Å²) in [7, 11) is 0. The number of carbonyl (C=O) groups excluding carboxylic acids is 1. The molecule has 0 radical (unpaired) electrons. The van der Waals surface area contributed by atoms with Gasteiger partial charge in [0.25, 0.3) is 5.56 Å². The highest BCUT2D eigenvalue weighted by Crippen LogP contribution is 2.20. The molecule has 8 heteroatoms. The summed E-state index contributed by atoms with van der Waals surface area (Å²) < 4.78 is 16.9. The molecule has 0 aliphatic carbocycles. The van der Waals surface area contributed by atoms with Crippen molar-refractivity contribution in [1.82, 2.24) is 19.2 Å². The van der Waals surface area contributed by atoms with E-state index >= 15 is 0 Å². The number of hydrogen-bond donors (Lipinski definition) is 1. The van der Waals surface area contributed by atoms with E-state index in [0.29, 0.717) is 17.0 Å². The van der Waals surface area contributed by atoms with E-state index in [1.165, 1.54) is 22.9 Å². The Kier molecular flexibility index (Phi) is 5.64. The summed E-state index contributed by atoms with van der Waals surface area (Å²) in [5.41, 5.74) is 1.94. The normalized spacial score (nSPS) is 13.9. The largest absolute Gasteiger partial charge is 0.325 e. The molecular weight excluding hydrogens is 421 g/mol. The second kappa shape index (κ2) is 8.90. The highest BCUT2D eigenvalue weighted by Gasteiger charge is 2.16. The van der Waals surface area contributed by atoms with Crippen molar-refractivity contribution >= 4 is 22.6 Å². The van der Waals surface area contributed by atoms with E-state index in [1.54, 1.807) is 22.9 Å². The van der Waals surface area contributed by atoms with E-state index < -0.39 is 0 Å². The highest BCUT2D eigenvalue weighted by molar-refractivity contribution is 5.89. The van der Waals surface area contributed by atoms with Crippen molar-refractivity contribution in [1.29, 1.82) is 0 Å². The van der Waals surface area contributed by atoms with Crippen LogP contribution in [0.4, 0.5) is 14.9 Å². The first kappa shape index (κ1) is 20.9. The second-order valence-electron chi connectivity index (χ2n) is 8.25. The lowest BCUT2D eigenvalue weighted by Gasteiger charge is -2.26. The molecule has 4 aromatic rings. The Morgan fingerprint density at radius 3 is 2.70 bits per heavy atom. The smallest absolute Gasteiger partial charge is 0.321 e. The fourth-order valence-corrected chi connectivity index (χ4v) is 4.20. The third-order valence-electron chi connectivity index (χ3n) is 5.91. The number of carbonyl (C=O) groups is 1. The fourth-order valence-electron chi connectivity index (χ4n) is 4.20. The lowest BCUT2D eigenvalue weighted by Crippen LogP contribution is -2.38. The molecular formula is C25H24FN5O2. The summed E-state index contributed by atoms with van der Waals surface area (Å²) in [6.45, 7) is 1.79. The SMILES string of the molecule is O=C(Nc1cccc(Cn2nc(-n3ccc4ccc(F)cc43)ccc2=O)c1)N1CCCCC1. The molecule has 5 rings (SSSR count). The van der Waals surface area contributed by atoms with Crippen molar-refractivity contribution in [3.05, 3.63) is 88.6 Å². The van der Waals surface area contributed by atoms with Gasteiger partial charge in [0, 0.05) is 36.4 Å². The molecule has 168 valence electrons. The minimum Gasteiger partial charge on any atom is -0.325 e. The zero-order valence-electron chi connectivity index (χ0n) is 18.1. The first-order valence-electron chi connectivity index (χ1n) is 11.1. The first-order chi connectivity index (χ1) is 16.1. The Morgan fingerprint density at radius 2 is 1.85 bits per heavy atom. The number of nitrogens with one attached hydrogen (secondary N) is 1. The Bertz CT molecular complexity index is 1370. The maximum atomic E-state index is 13.8. The molecule has 33 heavy (non-hydrogen) atoms. The van der Waals surface area contributed by atoms with Gasteiger partial charge < -0.3 is 10.2 Å². The third-order valence-corrected chi connectivity index (χ3v) is 5.91. The van der Waals surface area contributed by atoms with Crippen LogP contribution in [0.15, 0.2) is 71.7 Å². The molecule has 0 spiro atoms.